The molecule has 186 valence electrons. The molecule has 1 aromatic heterocycles. The van der Waals surface area contributed by atoms with Crippen molar-refractivity contribution in [3.8, 4) is 11.1 Å². The molecular weight excluding hydrogens is 459 g/mol. The Bertz CT molecular complexity index is 1120. The molecule has 12 heteroatoms. The van der Waals surface area contributed by atoms with Gasteiger partial charge in [0, 0.05) is 29.1 Å². The van der Waals surface area contributed by atoms with Gasteiger partial charge in [0.25, 0.3) is 0 Å². The largest absolute Gasteiger partial charge is 0.460 e. The van der Waals surface area contributed by atoms with Crippen molar-refractivity contribution >= 4 is 23.5 Å². The number of hydrogen-bond acceptors (Lipinski definition) is 10. The van der Waals surface area contributed by atoms with Crippen LogP contribution in [0.25, 0.3) is 11.1 Å². The van der Waals surface area contributed by atoms with Crippen LogP contribution in [0, 0.1) is 11.2 Å². The second-order valence-corrected chi connectivity index (χ2v) is 8.67. The molecule has 35 heavy (non-hydrogen) atoms. The van der Waals surface area contributed by atoms with Gasteiger partial charge in [-0.3, -0.25) is 10.2 Å². The van der Waals surface area contributed by atoms with Gasteiger partial charge in [-0.25, -0.2) is 14.4 Å². The van der Waals surface area contributed by atoms with Crippen molar-refractivity contribution in [2.24, 2.45) is 10.9 Å². The minimum atomic E-state index is -0.692. The van der Waals surface area contributed by atoms with Gasteiger partial charge < -0.3 is 29.7 Å². The molecule has 0 saturated carbocycles. The second kappa shape index (κ2) is 10.3. The standard InChI is InChI=1S/C23H27FN6O5/c1-23(2)33-12-17(35-23)13-34-29-16-9-30(10-16)22-27-7-15(8-28-22)18-5-3-4-14(21(18)24)11-32-20(31)6-19(25)26/h3-5,7-8,17H,6,9-13H2,1-2H3,(H3,25,26). The Hall–Kier alpha value is -3.64. The van der Waals surface area contributed by atoms with E-state index in [9.17, 15) is 9.18 Å². The Morgan fingerprint density at radius 3 is 2.74 bits per heavy atom. The van der Waals surface area contributed by atoms with Gasteiger partial charge in [0.15, 0.2) is 5.79 Å². The van der Waals surface area contributed by atoms with E-state index in [2.05, 4.69) is 15.1 Å². The molecular formula is C23H27FN6O5. The summed E-state index contributed by atoms with van der Waals surface area (Å²) in [5.74, 6) is -1.63. The average molecular weight is 487 g/mol. The Kier molecular flexibility index (Phi) is 7.22. The van der Waals surface area contributed by atoms with E-state index < -0.39 is 17.6 Å². The molecule has 0 bridgehead atoms. The van der Waals surface area contributed by atoms with E-state index in [0.29, 0.717) is 37.8 Å². The molecule has 2 aliphatic rings. The molecule has 2 saturated heterocycles. The van der Waals surface area contributed by atoms with Crippen LogP contribution in [0.5, 0.6) is 0 Å². The number of ether oxygens (including phenoxy) is 3. The van der Waals surface area contributed by atoms with E-state index >= 15 is 0 Å². The lowest BCUT2D eigenvalue weighted by Gasteiger charge is -2.31. The summed E-state index contributed by atoms with van der Waals surface area (Å²) < 4.78 is 31.1. The summed E-state index contributed by atoms with van der Waals surface area (Å²) in [4.78, 5) is 27.5. The zero-order valence-corrected chi connectivity index (χ0v) is 19.5. The molecule has 0 aliphatic carbocycles. The first-order valence-corrected chi connectivity index (χ1v) is 11.0. The summed E-state index contributed by atoms with van der Waals surface area (Å²) in [5, 5.41) is 11.2. The zero-order chi connectivity index (χ0) is 25.0. The molecule has 1 atom stereocenters. The number of nitrogens with zero attached hydrogens (tertiary/aromatic N) is 4. The van der Waals surface area contributed by atoms with Gasteiger partial charge in [0.1, 0.15) is 37.4 Å². The predicted octanol–water partition coefficient (Wildman–Crippen LogP) is 2.00. The molecule has 0 spiro atoms. The second-order valence-electron chi connectivity index (χ2n) is 8.67. The summed E-state index contributed by atoms with van der Waals surface area (Å²) in [7, 11) is 0. The van der Waals surface area contributed by atoms with E-state index in [-0.39, 0.29) is 36.1 Å². The monoisotopic (exact) mass is 486 g/mol. The number of anilines is 1. The molecule has 1 aromatic carbocycles. The third-order valence-electron chi connectivity index (χ3n) is 5.30. The minimum Gasteiger partial charge on any atom is -0.460 e. The number of aromatic nitrogens is 2. The number of benzene rings is 1. The van der Waals surface area contributed by atoms with E-state index in [4.69, 9.17) is 30.2 Å². The van der Waals surface area contributed by atoms with Crippen LogP contribution in [-0.2, 0) is 30.4 Å². The maximum Gasteiger partial charge on any atom is 0.313 e. The van der Waals surface area contributed by atoms with Gasteiger partial charge in [-0.15, -0.1) is 0 Å². The summed E-state index contributed by atoms with van der Waals surface area (Å²) in [6.07, 6.45) is 2.59. The van der Waals surface area contributed by atoms with Crippen molar-refractivity contribution in [2.45, 2.75) is 38.8 Å². The highest BCUT2D eigenvalue weighted by molar-refractivity contribution is 5.98. The fourth-order valence-corrected chi connectivity index (χ4v) is 3.55. The first-order valence-electron chi connectivity index (χ1n) is 11.0. The van der Waals surface area contributed by atoms with E-state index in [1.54, 1.807) is 12.1 Å². The van der Waals surface area contributed by atoms with Crippen molar-refractivity contribution in [1.29, 1.82) is 5.41 Å². The fraction of sp³-hybridized carbons (Fsp3) is 0.435. The molecule has 4 rings (SSSR count). The maximum absolute atomic E-state index is 15.0. The number of carbonyl (C=O) groups is 1. The summed E-state index contributed by atoms with van der Waals surface area (Å²) in [5.41, 5.74) is 7.00. The number of halogens is 1. The lowest BCUT2D eigenvalue weighted by Crippen LogP contribution is -2.48. The number of hydrogen-bond donors (Lipinski definition) is 2. The molecule has 3 N–H and O–H groups in total. The van der Waals surface area contributed by atoms with Gasteiger partial charge in [-0.05, 0) is 13.8 Å². The number of nitrogens with two attached hydrogens (primary N) is 1. The number of rotatable bonds is 9. The smallest absolute Gasteiger partial charge is 0.313 e. The highest BCUT2D eigenvalue weighted by Crippen LogP contribution is 2.26. The number of amidine groups is 1. The molecule has 2 aromatic rings. The van der Waals surface area contributed by atoms with E-state index in [1.807, 2.05) is 18.7 Å². The van der Waals surface area contributed by atoms with Crippen LogP contribution in [-0.4, -0.2) is 65.7 Å². The Morgan fingerprint density at radius 2 is 2.09 bits per heavy atom. The van der Waals surface area contributed by atoms with Gasteiger partial charge in [0.2, 0.25) is 5.95 Å². The van der Waals surface area contributed by atoms with Crippen LogP contribution in [0.15, 0.2) is 35.7 Å². The number of nitrogens with one attached hydrogen (secondary N) is 1. The summed E-state index contributed by atoms with van der Waals surface area (Å²) >= 11 is 0. The highest BCUT2D eigenvalue weighted by Gasteiger charge is 2.33. The normalized spacial score (nSPS) is 18.7. The Balaban J connectivity index is 1.29. The van der Waals surface area contributed by atoms with Crippen molar-refractivity contribution in [1.82, 2.24) is 9.97 Å². The van der Waals surface area contributed by atoms with Crippen LogP contribution in [0.4, 0.5) is 10.3 Å². The van der Waals surface area contributed by atoms with Crippen LogP contribution < -0.4 is 10.6 Å². The summed E-state index contributed by atoms with van der Waals surface area (Å²) in [6, 6.07) is 4.77. The maximum atomic E-state index is 15.0. The number of esters is 1. The molecule has 2 aliphatic heterocycles. The van der Waals surface area contributed by atoms with Crippen LogP contribution in [0.3, 0.4) is 0 Å². The van der Waals surface area contributed by atoms with Crippen LogP contribution >= 0.6 is 0 Å². The number of carbonyl (C=O) groups excluding carboxylic acids is 1. The number of oxime groups is 1. The quantitative estimate of drug-likeness (QED) is 0.235. The Labute approximate surface area is 201 Å². The topological polar surface area (TPSA) is 145 Å². The predicted molar refractivity (Wildman–Crippen MR) is 124 cm³/mol. The fourth-order valence-electron chi connectivity index (χ4n) is 3.55. The third-order valence-corrected chi connectivity index (χ3v) is 5.30. The highest BCUT2D eigenvalue weighted by atomic mass is 19.1. The lowest BCUT2D eigenvalue weighted by molar-refractivity contribution is -0.145. The van der Waals surface area contributed by atoms with Crippen molar-refractivity contribution in [3.63, 3.8) is 0 Å². The van der Waals surface area contributed by atoms with Crippen molar-refractivity contribution in [3.05, 3.63) is 42.0 Å². The van der Waals surface area contributed by atoms with Gasteiger partial charge in [-0.1, -0.05) is 23.4 Å². The van der Waals surface area contributed by atoms with Crippen LogP contribution in [0.2, 0.25) is 0 Å². The summed E-state index contributed by atoms with van der Waals surface area (Å²) in [6.45, 7) is 5.30. The average Bonchev–Trinajstić information content (AvgIpc) is 3.13. The third kappa shape index (κ3) is 6.28. The molecule has 0 amide bonds. The van der Waals surface area contributed by atoms with Crippen molar-refractivity contribution < 1.29 is 28.2 Å². The minimum absolute atomic E-state index is 0.145. The van der Waals surface area contributed by atoms with Gasteiger partial charge >= 0.3 is 5.97 Å². The zero-order valence-electron chi connectivity index (χ0n) is 19.5. The van der Waals surface area contributed by atoms with E-state index in [1.165, 1.54) is 18.5 Å². The molecule has 2 fully saturated rings. The molecule has 1 unspecified atom stereocenters. The van der Waals surface area contributed by atoms with E-state index in [0.717, 1.165) is 5.71 Å². The molecule has 3 heterocycles. The first-order chi connectivity index (χ1) is 16.7. The van der Waals surface area contributed by atoms with Gasteiger partial charge in [-0.2, -0.15) is 0 Å². The molecule has 11 nitrogen and oxygen atoms in total. The SMILES string of the molecule is CC1(C)OCC(CON=C2CN(c3ncc(-c4cccc(COC(=O)CC(=N)N)c4F)cn3)C2)O1. The van der Waals surface area contributed by atoms with Gasteiger partial charge in [0.05, 0.1) is 25.4 Å². The first kappa shape index (κ1) is 24.5. The van der Waals surface area contributed by atoms with Crippen LogP contribution in [0.1, 0.15) is 25.8 Å². The lowest BCUT2D eigenvalue weighted by atomic mass is 10.1. The van der Waals surface area contributed by atoms with Crippen molar-refractivity contribution in [2.75, 3.05) is 31.2 Å². The Morgan fingerprint density at radius 1 is 1.34 bits per heavy atom. The molecule has 0 radical (unpaired) electrons.